The Bertz CT molecular complexity index is 1860. The van der Waals surface area contributed by atoms with Crippen LogP contribution in [0.4, 0.5) is 9.59 Å². The lowest BCUT2D eigenvalue weighted by molar-refractivity contribution is -0.173. The Kier molecular flexibility index (Phi) is 9.45. The maximum Gasteiger partial charge on any atom is 0.415 e. The average molecular weight is 674 g/mol. The van der Waals surface area contributed by atoms with Crippen molar-refractivity contribution in [2.24, 2.45) is 0 Å². The number of rotatable bonds is 5. The molecule has 4 aliphatic rings. The Labute approximate surface area is 286 Å². The minimum atomic E-state index is -1.75. The van der Waals surface area contributed by atoms with E-state index < -0.39 is 17.7 Å². The fraction of sp³-hybridized carbons (Fsp3) is 0.541. The number of likely N-dealkylation sites (tertiary alicyclic amines) is 2. The highest BCUT2D eigenvalue weighted by molar-refractivity contribution is 5.91. The van der Waals surface area contributed by atoms with Crippen LogP contribution >= 0.6 is 0 Å². The van der Waals surface area contributed by atoms with Gasteiger partial charge in [-0.05, 0) is 81.4 Å². The molecule has 3 aromatic rings. The van der Waals surface area contributed by atoms with Gasteiger partial charge < -0.3 is 33.5 Å². The number of aryl methyl sites for hydroxylation is 1. The molecule has 1 atom stereocenters. The first-order chi connectivity index (χ1) is 23.1. The molecule has 1 aromatic carbocycles. The molecule has 2 aromatic heterocycles. The van der Waals surface area contributed by atoms with Gasteiger partial charge in [-0.3, -0.25) is 4.79 Å². The maximum atomic E-state index is 14.0. The number of carbonyl (C=O) groups is 3. The summed E-state index contributed by atoms with van der Waals surface area (Å²) in [6.07, 6.45) is 5.46. The van der Waals surface area contributed by atoms with Crippen molar-refractivity contribution in [1.82, 2.24) is 24.3 Å². The second-order valence-electron chi connectivity index (χ2n) is 13.5. The highest BCUT2D eigenvalue weighted by Crippen LogP contribution is 2.42. The molecule has 262 valence electrons. The van der Waals surface area contributed by atoms with Crippen LogP contribution in [0.3, 0.4) is 0 Å². The van der Waals surface area contributed by atoms with Crippen molar-refractivity contribution in [2.75, 3.05) is 40.3 Å². The Morgan fingerprint density at radius 3 is 2.43 bits per heavy atom. The summed E-state index contributed by atoms with van der Waals surface area (Å²) in [6.45, 7) is 7.55. The standard InChI is InChI=1S/C36H43N5O7.CH4/c1-5-24-25-18-23(47-35(45)40-16-12-22(13-17-40)39-14-8-7-9-15-39)10-11-29(25)37-31-26(24)20-41-30(31)19-28-27(32(41)42)21-46-33(43)36(28,6-2)48-34(44)38(3)4;/h10-11,18-19,22H,5-9,12-17,20-21H2,1-4H3;1H4/t36-;/m0./s1. The van der Waals surface area contributed by atoms with Crippen molar-refractivity contribution in [2.45, 2.75) is 91.0 Å². The van der Waals surface area contributed by atoms with E-state index in [0.29, 0.717) is 60.3 Å². The summed E-state index contributed by atoms with van der Waals surface area (Å²) in [7, 11) is 3.06. The van der Waals surface area contributed by atoms with Crippen molar-refractivity contribution in [3.8, 4) is 17.1 Å². The van der Waals surface area contributed by atoms with Gasteiger partial charge >= 0.3 is 18.2 Å². The monoisotopic (exact) mass is 673 g/mol. The van der Waals surface area contributed by atoms with Crippen LogP contribution in [-0.4, -0.2) is 88.7 Å². The third-order valence-electron chi connectivity index (χ3n) is 10.6. The number of esters is 1. The normalized spacial score (nSPS) is 20.5. The molecule has 2 fully saturated rings. The van der Waals surface area contributed by atoms with Gasteiger partial charge in [-0.2, -0.15) is 0 Å². The number of hydrogen-bond acceptors (Lipinski definition) is 9. The van der Waals surface area contributed by atoms with Crippen LogP contribution in [0, 0.1) is 0 Å². The zero-order chi connectivity index (χ0) is 33.7. The van der Waals surface area contributed by atoms with E-state index in [9.17, 15) is 19.2 Å². The van der Waals surface area contributed by atoms with Gasteiger partial charge in [-0.15, -0.1) is 0 Å². The largest absolute Gasteiger partial charge is 0.457 e. The van der Waals surface area contributed by atoms with E-state index in [-0.39, 0.29) is 37.7 Å². The highest BCUT2D eigenvalue weighted by Gasteiger charge is 2.51. The van der Waals surface area contributed by atoms with E-state index in [4.69, 9.17) is 19.2 Å². The van der Waals surface area contributed by atoms with E-state index in [1.807, 2.05) is 19.1 Å². The van der Waals surface area contributed by atoms with Crippen LogP contribution < -0.4 is 10.3 Å². The van der Waals surface area contributed by atoms with Crippen molar-refractivity contribution >= 4 is 29.1 Å². The molecule has 2 amide bonds. The Hall–Kier alpha value is -4.45. The number of nitrogens with zero attached hydrogens (tertiary/aromatic N) is 5. The van der Waals surface area contributed by atoms with Crippen LogP contribution in [0.25, 0.3) is 22.3 Å². The third-order valence-corrected chi connectivity index (χ3v) is 10.6. The van der Waals surface area contributed by atoms with Crippen LogP contribution in [0.15, 0.2) is 29.1 Å². The molecule has 0 saturated carbocycles. The summed E-state index contributed by atoms with van der Waals surface area (Å²) in [5.74, 6) is -0.249. The predicted octanol–water partition coefficient (Wildman–Crippen LogP) is 5.43. The highest BCUT2D eigenvalue weighted by atomic mass is 16.6. The van der Waals surface area contributed by atoms with Gasteiger partial charge in [0.15, 0.2) is 0 Å². The number of amides is 2. The molecule has 0 N–H and O–H groups in total. The van der Waals surface area contributed by atoms with Crippen molar-refractivity contribution in [3.63, 3.8) is 0 Å². The van der Waals surface area contributed by atoms with Gasteiger partial charge in [0, 0.05) is 49.7 Å². The van der Waals surface area contributed by atoms with Gasteiger partial charge in [0.05, 0.1) is 29.0 Å². The second-order valence-corrected chi connectivity index (χ2v) is 13.5. The topological polar surface area (TPSA) is 124 Å². The molecule has 0 unspecified atom stereocenters. The van der Waals surface area contributed by atoms with Gasteiger partial charge in [-0.25, -0.2) is 19.4 Å². The molecular formula is C37H47N5O7. The summed E-state index contributed by atoms with van der Waals surface area (Å²) in [5, 5.41) is 0.859. The number of piperidine rings is 2. The third kappa shape index (κ3) is 5.83. The number of hydrogen-bond donors (Lipinski definition) is 0. The van der Waals surface area contributed by atoms with E-state index in [0.717, 1.165) is 42.4 Å². The summed E-state index contributed by atoms with van der Waals surface area (Å²) in [6, 6.07) is 7.76. The van der Waals surface area contributed by atoms with E-state index in [1.54, 1.807) is 28.5 Å². The molecular weight excluding hydrogens is 626 g/mol. The predicted molar refractivity (Wildman–Crippen MR) is 185 cm³/mol. The van der Waals surface area contributed by atoms with E-state index in [2.05, 4.69) is 4.90 Å². The van der Waals surface area contributed by atoms with Gasteiger partial charge in [-0.1, -0.05) is 27.7 Å². The number of pyridine rings is 2. The van der Waals surface area contributed by atoms with Crippen molar-refractivity contribution < 1.29 is 28.6 Å². The maximum absolute atomic E-state index is 14.0. The Morgan fingerprint density at radius 2 is 1.76 bits per heavy atom. The van der Waals surface area contributed by atoms with Crippen LogP contribution in [0.1, 0.15) is 82.1 Å². The molecule has 49 heavy (non-hydrogen) atoms. The summed E-state index contributed by atoms with van der Waals surface area (Å²) in [4.78, 5) is 63.7. The number of fused-ring (bicyclic) bond motifs is 5. The first-order valence-corrected chi connectivity index (χ1v) is 17.2. The number of benzene rings is 1. The molecule has 2 saturated heterocycles. The molecule has 0 bridgehead atoms. The average Bonchev–Trinajstić information content (AvgIpc) is 3.47. The van der Waals surface area contributed by atoms with Gasteiger partial charge in [0.2, 0.25) is 5.60 Å². The number of cyclic esters (lactones) is 1. The first kappa shape index (κ1) is 34.4. The number of ether oxygens (including phenoxy) is 3. The first-order valence-electron chi connectivity index (χ1n) is 17.2. The lowest BCUT2D eigenvalue weighted by Crippen LogP contribution is -2.48. The molecule has 6 heterocycles. The van der Waals surface area contributed by atoms with E-state index >= 15 is 0 Å². The molecule has 12 nitrogen and oxygen atoms in total. The van der Waals surface area contributed by atoms with Crippen LogP contribution in [-0.2, 0) is 39.4 Å². The zero-order valence-corrected chi connectivity index (χ0v) is 28.2. The summed E-state index contributed by atoms with van der Waals surface area (Å²) in [5.41, 5.74) is 2.36. The van der Waals surface area contributed by atoms with Crippen molar-refractivity contribution in [1.29, 1.82) is 0 Å². The lowest BCUT2D eigenvalue weighted by Gasteiger charge is -2.39. The SMILES string of the molecule is C.CCc1c2c(nc3ccc(OC(=O)N4CCC(N5CCCCC5)CC4)cc13)-c1cc3c(c(=O)n1C2)COC(=O)[C@@]3(CC)OC(=O)N(C)C. The summed E-state index contributed by atoms with van der Waals surface area (Å²) >= 11 is 0. The Balaban J connectivity index is 0.00000417. The lowest BCUT2D eigenvalue weighted by atomic mass is 9.85. The van der Waals surface area contributed by atoms with Crippen LogP contribution in [0.5, 0.6) is 5.75 Å². The molecule has 0 spiro atoms. The van der Waals surface area contributed by atoms with Crippen LogP contribution in [0.2, 0.25) is 0 Å². The molecule has 7 rings (SSSR count). The van der Waals surface area contributed by atoms with Crippen molar-refractivity contribution in [3.05, 3.63) is 56.9 Å². The smallest absolute Gasteiger partial charge is 0.415 e. The zero-order valence-electron chi connectivity index (χ0n) is 28.2. The molecule has 4 aliphatic heterocycles. The van der Waals surface area contributed by atoms with E-state index in [1.165, 1.54) is 38.3 Å². The second kappa shape index (κ2) is 13.5. The minimum absolute atomic E-state index is 0. The quantitative estimate of drug-likeness (QED) is 0.255. The fourth-order valence-corrected chi connectivity index (χ4v) is 7.87. The number of aromatic nitrogens is 2. The molecule has 12 heteroatoms. The Morgan fingerprint density at radius 1 is 1.02 bits per heavy atom. The molecule has 0 radical (unpaired) electrons. The summed E-state index contributed by atoms with van der Waals surface area (Å²) < 4.78 is 18.7. The number of carbonyl (C=O) groups excluding carboxylic acids is 3. The van der Waals surface area contributed by atoms with Gasteiger partial charge in [0.25, 0.3) is 5.56 Å². The minimum Gasteiger partial charge on any atom is -0.457 e. The fourth-order valence-electron chi connectivity index (χ4n) is 7.87. The van der Waals surface area contributed by atoms with Gasteiger partial charge in [0.1, 0.15) is 12.4 Å². The molecule has 0 aliphatic carbocycles.